The van der Waals surface area contributed by atoms with Crippen molar-refractivity contribution in [2.45, 2.75) is 6.54 Å². The van der Waals surface area contributed by atoms with Gasteiger partial charge in [-0.3, -0.25) is 14.2 Å². The van der Waals surface area contributed by atoms with Crippen LogP contribution in [-0.2, 0) is 13.6 Å². The number of carbonyl (C=O) groups is 1. The Labute approximate surface area is 143 Å². The first-order chi connectivity index (χ1) is 12.0. The van der Waals surface area contributed by atoms with Crippen LogP contribution >= 0.6 is 0 Å². The van der Waals surface area contributed by atoms with Crippen LogP contribution in [0.1, 0.15) is 16.1 Å². The lowest BCUT2D eigenvalue weighted by Gasteiger charge is -2.08. The van der Waals surface area contributed by atoms with Gasteiger partial charge in [0.05, 0.1) is 0 Å². The Balaban J connectivity index is 1.75. The Hall–Kier alpha value is -3.41. The summed E-state index contributed by atoms with van der Waals surface area (Å²) >= 11 is 0. The van der Waals surface area contributed by atoms with Crippen molar-refractivity contribution in [2.24, 2.45) is 7.05 Å². The van der Waals surface area contributed by atoms with Crippen molar-refractivity contribution in [2.75, 3.05) is 0 Å². The normalized spacial score (nSPS) is 10.4. The SMILES string of the molecule is Cn1c(=O)cc(C(=O)NCc2cccc(-c3ccccc3)c2)[nH]c1=O. The highest BCUT2D eigenvalue weighted by Crippen LogP contribution is 2.19. The van der Waals surface area contributed by atoms with Gasteiger partial charge in [-0.05, 0) is 22.8 Å². The van der Waals surface area contributed by atoms with Gasteiger partial charge < -0.3 is 10.3 Å². The Morgan fingerprint density at radius 3 is 2.44 bits per heavy atom. The molecule has 25 heavy (non-hydrogen) atoms. The molecule has 1 aromatic heterocycles. The van der Waals surface area contributed by atoms with Gasteiger partial charge >= 0.3 is 5.69 Å². The van der Waals surface area contributed by atoms with E-state index in [1.807, 2.05) is 54.6 Å². The van der Waals surface area contributed by atoms with Crippen LogP contribution < -0.4 is 16.6 Å². The molecule has 0 radical (unpaired) electrons. The average Bonchev–Trinajstić information content (AvgIpc) is 2.64. The third-order valence-electron chi connectivity index (χ3n) is 3.88. The van der Waals surface area contributed by atoms with Gasteiger partial charge in [-0.15, -0.1) is 0 Å². The van der Waals surface area contributed by atoms with Crippen LogP contribution in [0.15, 0.2) is 70.3 Å². The molecular formula is C19H17N3O3. The first-order valence-electron chi connectivity index (χ1n) is 7.77. The number of aromatic nitrogens is 2. The second-order valence-electron chi connectivity index (χ2n) is 5.63. The first kappa shape index (κ1) is 16.4. The maximum Gasteiger partial charge on any atom is 0.328 e. The molecule has 6 nitrogen and oxygen atoms in total. The number of amides is 1. The van der Waals surface area contributed by atoms with Crippen molar-refractivity contribution in [1.29, 1.82) is 0 Å². The van der Waals surface area contributed by atoms with Gasteiger partial charge in [-0.25, -0.2) is 4.79 Å². The Bertz CT molecular complexity index is 989. The zero-order chi connectivity index (χ0) is 17.8. The standard InChI is InChI=1S/C19H17N3O3/c1-22-17(23)11-16(21-19(22)25)18(24)20-12-13-6-5-9-15(10-13)14-7-3-2-4-8-14/h2-11H,12H2,1H3,(H,20,24)(H,21,25). The Morgan fingerprint density at radius 2 is 1.72 bits per heavy atom. The lowest BCUT2D eigenvalue weighted by molar-refractivity contribution is 0.0945. The highest BCUT2D eigenvalue weighted by Gasteiger charge is 2.09. The molecule has 3 aromatic rings. The van der Waals surface area contributed by atoms with E-state index >= 15 is 0 Å². The van der Waals surface area contributed by atoms with Crippen LogP contribution in [0.5, 0.6) is 0 Å². The van der Waals surface area contributed by atoms with Crippen LogP contribution in [0.4, 0.5) is 0 Å². The van der Waals surface area contributed by atoms with E-state index in [-0.39, 0.29) is 12.2 Å². The molecule has 2 N–H and O–H groups in total. The van der Waals surface area contributed by atoms with Crippen molar-refractivity contribution in [3.8, 4) is 11.1 Å². The summed E-state index contributed by atoms with van der Waals surface area (Å²) in [6, 6.07) is 18.8. The van der Waals surface area contributed by atoms with Crippen molar-refractivity contribution in [3.63, 3.8) is 0 Å². The smallest absolute Gasteiger partial charge is 0.328 e. The number of nitrogens with zero attached hydrogens (tertiary/aromatic N) is 1. The molecule has 0 saturated carbocycles. The maximum atomic E-state index is 12.2. The fraction of sp³-hybridized carbons (Fsp3) is 0.105. The minimum absolute atomic E-state index is 0.0488. The van der Waals surface area contributed by atoms with Crippen LogP contribution in [0.3, 0.4) is 0 Å². The largest absolute Gasteiger partial charge is 0.347 e. The van der Waals surface area contributed by atoms with E-state index in [1.54, 1.807) is 0 Å². The zero-order valence-electron chi connectivity index (χ0n) is 13.7. The summed E-state index contributed by atoms with van der Waals surface area (Å²) in [4.78, 5) is 37.7. The summed E-state index contributed by atoms with van der Waals surface area (Å²) in [5, 5.41) is 2.71. The van der Waals surface area contributed by atoms with Crippen LogP contribution in [0.2, 0.25) is 0 Å². The van der Waals surface area contributed by atoms with Gasteiger partial charge in [0.1, 0.15) is 5.69 Å². The van der Waals surface area contributed by atoms with Gasteiger partial charge in [0.15, 0.2) is 0 Å². The predicted molar refractivity (Wildman–Crippen MR) is 95.4 cm³/mol. The fourth-order valence-electron chi connectivity index (χ4n) is 2.45. The molecule has 6 heteroatoms. The second-order valence-corrected chi connectivity index (χ2v) is 5.63. The molecule has 126 valence electrons. The van der Waals surface area contributed by atoms with E-state index in [0.717, 1.165) is 27.3 Å². The topological polar surface area (TPSA) is 84.0 Å². The van der Waals surface area contributed by atoms with E-state index < -0.39 is 17.2 Å². The van der Waals surface area contributed by atoms with Crippen LogP contribution in [0, 0.1) is 0 Å². The predicted octanol–water partition coefficient (Wildman–Crippen LogP) is 1.67. The van der Waals surface area contributed by atoms with Crippen molar-refractivity contribution < 1.29 is 4.79 Å². The lowest BCUT2D eigenvalue weighted by atomic mass is 10.0. The number of rotatable bonds is 4. The van der Waals surface area contributed by atoms with E-state index in [2.05, 4.69) is 10.3 Å². The summed E-state index contributed by atoms with van der Waals surface area (Å²) in [7, 11) is 1.35. The quantitative estimate of drug-likeness (QED) is 0.761. The zero-order valence-corrected chi connectivity index (χ0v) is 13.7. The highest BCUT2D eigenvalue weighted by molar-refractivity contribution is 5.92. The molecule has 0 aliphatic rings. The van der Waals surface area contributed by atoms with Gasteiger partial charge in [-0.2, -0.15) is 0 Å². The average molecular weight is 335 g/mol. The summed E-state index contributed by atoms with van der Waals surface area (Å²) in [5.74, 6) is -0.500. The monoisotopic (exact) mass is 335 g/mol. The fourth-order valence-corrected chi connectivity index (χ4v) is 2.45. The van der Waals surface area contributed by atoms with Gasteiger partial charge in [0, 0.05) is 19.7 Å². The summed E-state index contributed by atoms with van der Waals surface area (Å²) in [6.45, 7) is 0.288. The third-order valence-corrected chi connectivity index (χ3v) is 3.88. The van der Waals surface area contributed by atoms with Crippen LogP contribution in [-0.4, -0.2) is 15.5 Å². The van der Waals surface area contributed by atoms with Gasteiger partial charge in [0.2, 0.25) is 0 Å². The minimum Gasteiger partial charge on any atom is -0.347 e. The first-order valence-corrected chi connectivity index (χ1v) is 7.77. The van der Waals surface area contributed by atoms with Crippen molar-refractivity contribution in [1.82, 2.24) is 14.9 Å². The summed E-state index contributed by atoms with van der Waals surface area (Å²) < 4.78 is 0.903. The summed E-state index contributed by atoms with van der Waals surface area (Å²) in [6.07, 6.45) is 0. The van der Waals surface area contributed by atoms with Gasteiger partial charge in [0.25, 0.3) is 11.5 Å². The highest BCUT2D eigenvalue weighted by atomic mass is 16.2. The Kier molecular flexibility index (Phi) is 4.61. The molecule has 1 heterocycles. The number of aromatic amines is 1. The molecule has 0 fully saturated rings. The second kappa shape index (κ2) is 7.00. The van der Waals surface area contributed by atoms with Crippen LogP contribution in [0.25, 0.3) is 11.1 Å². The number of carbonyl (C=O) groups excluding carboxylic acids is 1. The lowest BCUT2D eigenvalue weighted by Crippen LogP contribution is -2.36. The Morgan fingerprint density at radius 1 is 1.00 bits per heavy atom. The number of nitrogens with one attached hydrogen (secondary N) is 2. The van der Waals surface area contributed by atoms with E-state index in [4.69, 9.17) is 0 Å². The molecule has 0 aliphatic carbocycles. The molecule has 0 saturated heterocycles. The number of hydrogen-bond acceptors (Lipinski definition) is 3. The maximum absolute atomic E-state index is 12.2. The molecule has 3 rings (SSSR count). The molecule has 1 amide bonds. The molecule has 0 unspecified atom stereocenters. The molecule has 2 aromatic carbocycles. The molecule has 0 spiro atoms. The summed E-state index contributed by atoms with van der Waals surface area (Å²) in [5.41, 5.74) is 1.86. The van der Waals surface area contributed by atoms with E-state index in [9.17, 15) is 14.4 Å². The van der Waals surface area contributed by atoms with E-state index in [1.165, 1.54) is 7.05 Å². The molecule has 0 aliphatic heterocycles. The van der Waals surface area contributed by atoms with Gasteiger partial charge in [-0.1, -0.05) is 48.5 Å². The molecule has 0 bridgehead atoms. The number of H-pyrrole nitrogens is 1. The van der Waals surface area contributed by atoms with Crippen molar-refractivity contribution >= 4 is 5.91 Å². The molecule has 0 atom stereocenters. The van der Waals surface area contributed by atoms with Crippen molar-refractivity contribution in [3.05, 3.63) is 92.8 Å². The third kappa shape index (κ3) is 3.74. The minimum atomic E-state index is -0.622. The number of hydrogen-bond donors (Lipinski definition) is 2. The number of benzene rings is 2. The molecular weight excluding hydrogens is 318 g/mol. The van der Waals surface area contributed by atoms with E-state index in [0.29, 0.717) is 0 Å².